The Morgan fingerprint density at radius 2 is 2.14 bits per heavy atom. The Labute approximate surface area is 81.3 Å². The third kappa shape index (κ3) is 1.32. The highest BCUT2D eigenvalue weighted by Gasteiger charge is 2.43. The second kappa shape index (κ2) is 2.85. The van der Waals surface area contributed by atoms with Crippen LogP contribution in [0.5, 0.6) is 11.5 Å². The molecule has 4 heteroatoms. The smallest absolute Gasteiger partial charge is 0.163 e. The van der Waals surface area contributed by atoms with E-state index in [0.29, 0.717) is 5.56 Å². The lowest BCUT2D eigenvalue weighted by molar-refractivity contribution is 0.364. The van der Waals surface area contributed by atoms with Crippen molar-refractivity contribution in [3.63, 3.8) is 0 Å². The summed E-state index contributed by atoms with van der Waals surface area (Å²) in [6.07, 6.45) is 1.54. The Balaban J connectivity index is 2.54. The highest BCUT2D eigenvalue weighted by Crippen LogP contribution is 2.48. The van der Waals surface area contributed by atoms with Crippen LogP contribution in [0.3, 0.4) is 0 Å². The fourth-order valence-electron chi connectivity index (χ4n) is 1.51. The number of ether oxygens (including phenoxy) is 1. The molecule has 14 heavy (non-hydrogen) atoms. The fourth-order valence-corrected chi connectivity index (χ4v) is 1.51. The Kier molecular flexibility index (Phi) is 1.89. The number of hydrogen-bond acceptors (Lipinski definition) is 3. The van der Waals surface area contributed by atoms with Crippen molar-refractivity contribution in [3.8, 4) is 11.5 Å². The van der Waals surface area contributed by atoms with Crippen LogP contribution >= 0.6 is 0 Å². The number of aromatic hydroxyl groups is 1. The lowest BCUT2D eigenvalue weighted by Gasteiger charge is -2.14. The lowest BCUT2D eigenvalue weighted by Crippen LogP contribution is -2.19. The quantitative estimate of drug-likeness (QED) is 0.755. The van der Waals surface area contributed by atoms with Gasteiger partial charge in [0.2, 0.25) is 0 Å². The molecule has 0 aromatic heterocycles. The van der Waals surface area contributed by atoms with Crippen LogP contribution in [0.4, 0.5) is 4.39 Å². The minimum Gasteiger partial charge on any atom is -0.504 e. The predicted molar refractivity (Wildman–Crippen MR) is 49.7 cm³/mol. The van der Waals surface area contributed by atoms with Crippen molar-refractivity contribution < 1.29 is 14.2 Å². The molecule has 76 valence electrons. The summed E-state index contributed by atoms with van der Waals surface area (Å²) in [5, 5.41) is 9.72. The molecule has 1 saturated carbocycles. The van der Waals surface area contributed by atoms with Crippen molar-refractivity contribution in [2.24, 2.45) is 5.73 Å². The molecule has 0 radical (unpaired) electrons. The normalized spacial score (nSPS) is 17.9. The molecule has 3 N–H and O–H groups in total. The number of hydrogen-bond donors (Lipinski definition) is 2. The van der Waals surface area contributed by atoms with Gasteiger partial charge in [0.15, 0.2) is 11.5 Å². The van der Waals surface area contributed by atoms with Crippen LogP contribution in [0, 0.1) is 5.82 Å². The van der Waals surface area contributed by atoms with E-state index in [1.807, 2.05) is 0 Å². The maximum absolute atomic E-state index is 13.1. The summed E-state index contributed by atoms with van der Waals surface area (Å²) in [6, 6.07) is 2.41. The second-order valence-corrected chi connectivity index (χ2v) is 3.66. The molecule has 1 aromatic carbocycles. The summed E-state index contributed by atoms with van der Waals surface area (Å²) in [5.41, 5.74) is 5.76. The van der Waals surface area contributed by atoms with Gasteiger partial charge in [-0.2, -0.15) is 0 Å². The lowest BCUT2D eigenvalue weighted by atomic mass is 10.0. The Morgan fingerprint density at radius 3 is 2.64 bits per heavy atom. The maximum atomic E-state index is 13.1. The fraction of sp³-hybridized carbons (Fsp3) is 0.400. The zero-order chi connectivity index (χ0) is 10.3. The van der Waals surface area contributed by atoms with Crippen molar-refractivity contribution in [1.82, 2.24) is 0 Å². The summed E-state index contributed by atoms with van der Waals surface area (Å²) in [5.74, 6) is -0.350. The van der Waals surface area contributed by atoms with E-state index in [-0.39, 0.29) is 11.5 Å². The second-order valence-electron chi connectivity index (χ2n) is 3.66. The first kappa shape index (κ1) is 9.27. The molecule has 0 unspecified atom stereocenters. The summed E-state index contributed by atoms with van der Waals surface area (Å²) in [6.45, 7) is 0. The average molecular weight is 197 g/mol. The maximum Gasteiger partial charge on any atom is 0.163 e. The van der Waals surface area contributed by atoms with Gasteiger partial charge in [-0.15, -0.1) is 0 Å². The first-order chi connectivity index (χ1) is 6.57. The van der Waals surface area contributed by atoms with E-state index in [9.17, 15) is 9.50 Å². The molecule has 0 amide bonds. The molecule has 0 spiro atoms. The van der Waals surface area contributed by atoms with Crippen LogP contribution < -0.4 is 10.5 Å². The summed E-state index contributed by atoms with van der Waals surface area (Å²) < 4.78 is 17.9. The van der Waals surface area contributed by atoms with Gasteiger partial charge in [0, 0.05) is 17.2 Å². The van der Waals surface area contributed by atoms with E-state index in [1.54, 1.807) is 0 Å². The van der Waals surface area contributed by atoms with Gasteiger partial charge in [-0.3, -0.25) is 0 Å². The number of phenols is 1. The number of rotatable bonds is 2. The van der Waals surface area contributed by atoms with Gasteiger partial charge in [-0.1, -0.05) is 0 Å². The summed E-state index contributed by atoms with van der Waals surface area (Å²) in [4.78, 5) is 0. The van der Waals surface area contributed by atoms with Crippen molar-refractivity contribution in [2.75, 3.05) is 7.11 Å². The summed E-state index contributed by atoms with van der Waals surface area (Å²) in [7, 11) is 1.38. The first-order valence-electron chi connectivity index (χ1n) is 4.43. The molecule has 1 fully saturated rings. The molecule has 1 aliphatic rings. The van der Waals surface area contributed by atoms with E-state index in [4.69, 9.17) is 10.5 Å². The van der Waals surface area contributed by atoms with E-state index in [0.717, 1.165) is 18.9 Å². The average Bonchev–Trinajstić information content (AvgIpc) is 2.88. The van der Waals surface area contributed by atoms with Gasteiger partial charge in [0.05, 0.1) is 7.11 Å². The van der Waals surface area contributed by atoms with Crippen molar-refractivity contribution in [3.05, 3.63) is 23.5 Å². The van der Waals surface area contributed by atoms with Crippen LogP contribution in [0.1, 0.15) is 18.4 Å². The molecule has 2 rings (SSSR count). The number of nitrogens with two attached hydrogens (primary N) is 1. The van der Waals surface area contributed by atoms with E-state index in [2.05, 4.69) is 0 Å². The zero-order valence-electron chi connectivity index (χ0n) is 7.88. The van der Waals surface area contributed by atoms with Gasteiger partial charge >= 0.3 is 0 Å². The molecule has 1 aliphatic carbocycles. The third-order valence-corrected chi connectivity index (χ3v) is 2.58. The largest absolute Gasteiger partial charge is 0.504 e. The SMILES string of the molecule is COc1cc(F)cc(C2(N)CC2)c1O. The topological polar surface area (TPSA) is 55.5 Å². The van der Waals surface area contributed by atoms with Gasteiger partial charge < -0.3 is 15.6 Å². The van der Waals surface area contributed by atoms with Crippen LogP contribution in [0.15, 0.2) is 12.1 Å². The first-order valence-corrected chi connectivity index (χ1v) is 4.43. The van der Waals surface area contributed by atoms with Crippen LogP contribution in [-0.4, -0.2) is 12.2 Å². The molecule has 0 atom stereocenters. The molecule has 0 heterocycles. The number of methoxy groups -OCH3 is 1. The standard InChI is InChI=1S/C10H12FNO2/c1-14-8-5-6(11)4-7(9(8)13)10(12)2-3-10/h4-5,13H,2-3,12H2,1H3. The molecule has 1 aromatic rings. The Hall–Kier alpha value is -1.29. The van der Waals surface area contributed by atoms with Gasteiger partial charge in [-0.05, 0) is 18.9 Å². The molecule has 3 nitrogen and oxygen atoms in total. The van der Waals surface area contributed by atoms with Crippen molar-refractivity contribution >= 4 is 0 Å². The number of benzene rings is 1. The van der Waals surface area contributed by atoms with E-state index < -0.39 is 11.4 Å². The molecular formula is C10H12FNO2. The Morgan fingerprint density at radius 1 is 1.50 bits per heavy atom. The van der Waals surface area contributed by atoms with Gasteiger partial charge in [-0.25, -0.2) is 4.39 Å². The van der Waals surface area contributed by atoms with Crippen molar-refractivity contribution in [2.45, 2.75) is 18.4 Å². The van der Waals surface area contributed by atoms with Gasteiger partial charge in [0.25, 0.3) is 0 Å². The van der Waals surface area contributed by atoms with Crippen LogP contribution in [0.2, 0.25) is 0 Å². The zero-order valence-corrected chi connectivity index (χ0v) is 7.88. The van der Waals surface area contributed by atoms with Gasteiger partial charge in [0.1, 0.15) is 5.82 Å². The number of phenolic OH excluding ortho intramolecular Hbond substituents is 1. The van der Waals surface area contributed by atoms with Crippen molar-refractivity contribution in [1.29, 1.82) is 0 Å². The molecule has 0 saturated heterocycles. The Bertz CT molecular complexity index is 375. The predicted octanol–water partition coefficient (Wildman–Crippen LogP) is 1.49. The van der Waals surface area contributed by atoms with E-state index >= 15 is 0 Å². The minimum atomic E-state index is -0.556. The summed E-state index contributed by atoms with van der Waals surface area (Å²) >= 11 is 0. The number of halogens is 1. The van der Waals surface area contributed by atoms with Crippen LogP contribution in [0.25, 0.3) is 0 Å². The van der Waals surface area contributed by atoms with E-state index in [1.165, 1.54) is 13.2 Å². The molecule has 0 aliphatic heterocycles. The third-order valence-electron chi connectivity index (χ3n) is 2.58. The molecule has 0 bridgehead atoms. The van der Waals surface area contributed by atoms with Crippen LogP contribution in [-0.2, 0) is 5.54 Å². The molecular weight excluding hydrogens is 185 g/mol. The monoisotopic (exact) mass is 197 g/mol. The highest BCUT2D eigenvalue weighted by atomic mass is 19.1. The highest BCUT2D eigenvalue weighted by molar-refractivity contribution is 5.50. The minimum absolute atomic E-state index is 0.0473.